The number of hydrogen-bond acceptors (Lipinski definition) is 6. The molecule has 0 atom stereocenters. The number of carbonyl (C=O) groups excluding carboxylic acids is 1. The summed E-state index contributed by atoms with van der Waals surface area (Å²) in [6.07, 6.45) is 0.623. The van der Waals surface area contributed by atoms with Gasteiger partial charge in [-0.2, -0.15) is 18.3 Å². The summed E-state index contributed by atoms with van der Waals surface area (Å²) < 4.78 is 44.9. The quantitative estimate of drug-likeness (QED) is 0.370. The van der Waals surface area contributed by atoms with E-state index in [1.54, 1.807) is 59.0 Å². The first-order chi connectivity index (χ1) is 17.9. The van der Waals surface area contributed by atoms with Crippen LogP contribution in [-0.2, 0) is 13.2 Å². The minimum Gasteiger partial charge on any atom is -0.373 e. The highest BCUT2D eigenvalue weighted by molar-refractivity contribution is 6.04. The third kappa shape index (κ3) is 6.02. The fourth-order valence-electron chi connectivity index (χ4n) is 3.91. The highest BCUT2D eigenvalue weighted by Gasteiger charge is 2.35. The lowest BCUT2D eigenvalue weighted by molar-refractivity contribution is -0.137. The third-order valence-electron chi connectivity index (χ3n) is 6.07. The molecule has 2 heterocycles. The number of hydrogen-bond donors (Lipinski definition) is 1. The van der Waals surface area contributed by atoms with E-state index >= 15 is 0 Å². The van der Waals surface area contributed by atoms with Crippen LogP contribution in [0.2, 0.25) is 0 Å². The maximum absolute atomic E-state index is 13.9. The molecule has 4 rings (SSSR count). The molecule has 1 amide bonds. The van der Waals surface area contributed by atoms with Gasteiger partial charge in [-0.1, -0.05) is 11.3 Å². The van der Waals surface area contributed by atoms with Gasteiger partial charge in [0, 0.05) is 55.9 Å². The van der Waals surface area contributed by atoms with Crippen molar-refractivity contribution in [2.45, 2.75) is 13.1 Å². The Bertz CT molecular complexity index is 1440. The maximum Gasteiger partial charge on any atom is 0.418 e. The molecule has 4 aromatic rings. The summed E-state index contributed by atoms with van der Waals surface area (Å²) in [5, 5.41) is 15.1. The number of nitrogens with zero attached hydrogens (tertiary/aromatic N) is 7. The minimum atomic E-state index is -4.58. The first-order valence-corrected chi connectivity index (χ1v) is 11.8. The highest BCUT2D eigenvalue weighted by atomic mass is 19.4. The van der Waals surface area contributed by atoms with Gasteiger partial charge in [-0.15, -0.1) is 5.10 Å². The molecule has 0 aliphatic carbocycles. The van der Waals surface area contributed by atoms with Gasteiger partial charge in [0.05, 0.1) is 23.6 Å². The highest BCUT2D eigenvalue weighted by Crippen LogP contribution is 2.38. The van der Waals surface area contributed by atoms with Gasteiger partial charge in [-0.3, -0.25) is 9.48 Å². The molecule has 0 unspecified atom stereocenters. The van der Waals surface area contributed by atoms with Crippen molar-refractivity contribution in [3.05, 3.63) is 71.7 Å². The Labute approximate surface area is 218 Å². The molecule has 2 aromatic heterocycles. The molecular formula is C26H29F3N8O. The second-order valence-corrected chi connectivity index (χ2v) is 9.36. The summed E-state index contributed by atoms with van der Waals surface area (Å²) in [6.45, 7) is 2.87. The Morgan fingerprint density at radius 3 is 2.47 bits per heavy atom. The minimum absolute atomic E-state index is 0.0468. The molecule has 0 aliphatic heterocycles. The molecule has 9 nitrogen and oxygen atoms in total. The fraction of sp³-hybridized carbons (Fsp3) is 0.308. The van der Waals surface area contributed by atoms with Crippen molar-refractivity contribution in [3.8, 4) is 16.9 Å². The van der Waals surface area contributed by atoms with Crippen molar-refractivity contribution in [1.29, 1.82) is 0 Å². The summed E-state index contributed by atoms with van der Waals surface area (Å²) in [7, 11) is 7.13. The van der Waals surface area contributed by atoms with E-state index < -0.39 is 17.6 Å². The second kappa shape index (κ2) is 10.7. The Balaban J connectivity index is 1.57. The van der Waals surface area contributed by atoms with E-state index in [1.807, 2.05) is 32.1 Å². The smallest absolute Gasteiger partial charge is 0.373 e. The number of nitrogens with one attached hydrogen (secondary N) is 1. The molecule has 0 spiro atoms. The van der Waals surface area contributed by atoms with Crippen molar-refractivity contribution in [3.63, 3.8) is 0 Å². The van der Waals surface area contributed by atoms with E-state index in [-0.39, 0.29) is 16.9 Å². The molecule has 38 heavy (non-hydrogen) atoms. The summed E-state index contributed by atoms with van der Waals surface area (Å²) in [4.78, 5) is 16.5. The molecule has 0 saturated heterocycles. The Hall–Kier alpha value is -4.19. The summed E-state index contributed by atoms with van der Waals surface area (Å²) in [6, 6.07) is 8.80. The molecule has 0 radical (unpaired) electrons. The van der Waals surface area contributed by atoms with E-state index in [1.165, 1.54) is 12.1 Å². The summed E-state index contributed by atoms with van der Waals surface area (Å²) in [5.74, 6) is -0.541. The van der Waals surface area contributed by atoms with Crippen molar-refractivity contribution in [2.24, 2.45) is 7.05 Å². The van der Waals surface area contributed by atoms with Crippen molar-refractivity contribution >= 4 is 17.3 Å². The van der Waals surface area contributed by atoms with Crippen molar-refractivity contribution < 1.29 is 18.0 Å². The molecule has 0 fully saturated rings. The Morgan fingerprint density at radius 1 is 1.05 bits per heavy atom. The predicted molar refractivity (Wildman–Crippen MR) is 140 cm³/mol. The van der Waals surface area contributed by atoms with Gasteiger partial charge in [-0.25, -0.2) is 4.68 Å². The van der Waals surface area contributed by atoms with Crippen LogP contribution in [-0.4, -0.2) is 69.8 Å². The van der Waals surface area contributed by atoms with Crippen LogP contribution in [0.4, 0.5) is 24.5 Å². The topological polar surface area (TPSA) is 84.1 Å². The summed E-state index contributed by atoms with van der Waals surface area (Å²) >= 11 is 0. The monoisotopic (exact) mass is 526 g/mol. The van der Waals surface area contributed by atoms with Crippen LogP contribution in [0.15, 0.2) is 55.0 Å². The van der Waals surface area contributed by atoms with E-state index in [2.05, 4.69) is 20.7 Å². The van der Waals surface area contributed by atoms with Crippen LogP contribution in [0.1, 0.15) is 21.5 Å². The number of halogens is 3. The SMILES string of the molecule is Cc1ccc(C(=O)Nc2ccc(N(C)CCN(C)C)c(C(F)(F)F)c2)cc1-n1cc(-c2cnn(C)c2)nn1. The number of rotatable bonds is 8. The lowest BCUT2D eigenvalue weighted by atomic mass is 10.1. The van der Waals surface area contributed by atoms with Gasteiger partial charge in [-0.05, 0) is 56.9 Å². The van der Waals surface area contributed by atoms with Crippen LogP contribution in [0.5, 0.6) is 0 Å². The van der Waals surface area contributed by atoms with Crippen molar-refractivity contribution in [1.82, 2.24) is 29.7 Å². The number of carbonyl (C=O) groups is 1. The number of benzene rings is 2. The van der Waals surface area contributed by atoms with Crippen molar-refractivity contribution in [2.75, 3.05) is 44.4 Å². The zero-order chi connectivity index (χ0) is 27.6. The summed E-state index contributed by atoms with van der Waals surface area (Å²) in [5.41, 5.74) is 2.42. The Kier molecular flexibility index (Phi) is 7.53. The lowest BCUT2D eigenvalue weighted by Crippen LogP contribution is -2.30. The van der Waals surface area contributed by atoms with Gasteiger partial charge >= 0.3 is 6.18 Å². The van der Waals surface area contributed by atoms with Crippen LogP contribution < -0.4 is 10.2 Å². The number of alkyl halides is 3. The molecule has 0 saturated carbocycles. The predicted octanol–water partition coefficient (Wildman–Crippen LogP) is 4.25. The van der Waals surface area contributed by atoms with Crippen LogP contribution in [0.25, 0.3) is 16.9 Å². The number of anilines is 2. The molecule has 0 aliphatic rings. The Morgan fingerprint density at radius 2 is 1.82 bits per heavy atom. The molecule has 12 heteroatoms. The van der Waals surface area contributed by atoms with Crippen LogP contribution in [0, 0.1) is 6.92 Å². The van der Waals surface area contributed by atoms with E-state index in [4.69, 9.17) is 0 Å². The number of aromatic nitrogens is 5. The van der Waals surface area contributed by atoms with Gasteiger partial charge in [0.2, 0.25) is 0 Å². The zero-order valence-corrected chi connectivity index (χ0v) is 21.8. The number of amides is 1. The van der Waals surface area contributed by atoms with E-state index in [9.17, 15) is 18.0 Å². The van der Waals surface area contributed by atoms with Gasteiger partial charge in [0.25, 0.3) is 5.91 Å². The van der Waals surface area contributed by atoms with Crippen LogP contribution >= 0.6 is 0 Å². The van der Waals surface area contributed by atoms with Crippen LogP contribution in [0.3, 0.4) is 0 Å². The lowest BCUT2D eigenvalue weighted by Gasteiger charge is -2.25. The van der Waals surface area contributed by atoms with Gasteiger partial charge < -0.3 is 15.1 Å². The van der Waals surface area contributed by atoms with Gasteiger partial charge in [0.15, 0.2) is 0 Å². The molecule has 2 aromatic carbocycles. The van der Waals surface area contributed by atoms with E-state index in [0.717, 1.165) is 17.2 Å². The standard InChI is InChI=1S/C26H29F3N8O/c1-17-6-7-18(12-24(17)37-16-22(32-33-37)19-14-30-36(5)15-19)25(38)31-20-8-9-23(21(13-20)26(27,28)29)35(4)11-10-34(2)3/h6-9,12-16H,10-11H2,1-5H3,(H,31,38). The molecule has 200 valence electrons. The second-order valence-electron chi connectivity index (χ2n) is 9.36. The fourth-order valence-corrected chi connectivity index (χ4v) is 3.91. The largest absolute Gasteiger partial charge is 0.418 e. The normalized spacial score (nSPS) is 11.7. The molecule has 1 N–H and O–H groups in total. The number of likely N-dealkylation sites (N-methyl/N-ethyl adjacent to an activating group) is 2. The molecule has 0 bridgehead atoms. The number of aryl methyl sites for hydroxylation is 2. The first-order valence-electron chi connectivity index (χ1n) is 11.8. The maximum atomic E-state index is 13.9. The average molecular weight is 527 g/mol. The zero-order valence-electron chi connectivity index (χ0n) is 21.8. The molecular weight excluding hydrogens is 497 g/mol. The van der Waals surface area contributed by atoms with E-state index in [0.29, 0.717) is 24.5 Å². The average Bonchev–Trinajstić information content (AvgIpc) is 3.51. The third-order valence-corrected chi connectivity index (χ3v) is 6.07. The first kappa shape index (κ1) is 26.9. The van der Waals surface area contributed by atoms with Gasteiger partial charge in [0.1, 0.15) is 5.69 Å².